The number of carbonyl (C=O) groups excluding carboxylic acids is 1. The van der Waals surface area contributed by atoms with E-state index in [9.17, 15) is 13.6 Å². The van der Waals surface area contributed by atoms with Crippen LogP contribution in [-0.2, 0) is 4.79 Å². The standard InChI is InChI=1S/C10H11F2NO3/c1-15-7-3-6(4-8(5-7)16-2)13-10(14)9(11)12/h3-5,9H,1-2H3,(H,13,14). The first kappa shape index (κ1) is 12.2. The van der Waals surface area contributed by atoms with Crippen molar-refractivity contribution in [3.63, 3.8) is 0 Å². The highest BCUT2D eigenvalue weighted by molar-refractivity contribution is 5.93. The van der Waals surface area contributed by atoms with Crippen LogP contribution in [0.2, 0.25) is 0 Å². The number of ether oxygens (including phenoxy) is 2. The van der Waals surface area contributed by atoms with Gasteiger partial charge < -0.3 is 14.8 Å². The molecule has 0 spiro atoms. The van der Waals surface area contributed by atoms with E-state index < -0.39 is 12.3 Å². The van der Waals surface area contributed by atoms with E-state index >= 15 is 0 Å². The van der Waals surface area contributed by atoms with E-state index in [0.717, 1.165) is 0 Å². The molecule has 16 heavy (non-hydrogen) atoms. The van der Waals surface area contributed by atoms with E-state index in [-0.39, 0.29) is 5.69 Å². The number of amides is 1. The molecule has 0 aliphatic carbocycles. The summed E-state index contributed by atoms with van der Waals surface area (Å²) in [5.41, 5.74) is 0.196. The average molecular weight is 231 g/mol. The van der Waals surface area contributed by atoms with Gasteiger partial charge in [-0.3, -0.25) is 4.79 Å². The highest BCUT2D eigenvalue weighted by Gasteiger charge is 2.15. The molecule has 1 rings (SSSR count). The van der Waals surface area contributed by atoms with Crippen molar-refractivity contribution in [2.45, 2.75) is 6.43 Å². The smallest absolute Gasteiger partial charge is 0.315 e. The van der Waals surface area contributed by atoms with E-state index in [4.69, 9.17) is 9.47 Å². The van der Waals surface area contributed by atoms with Crippen molar-refractivity contribution in [3.05, 3.63) is 18.2 Å². The van der Waals surface area contributed by atoms with Crippen LogP contribution in [-0.4, -0.2) is 26.6 Å². The molecule has 4 nitrogen and oxygen atoms in total. The van der Waals surface area contributed by atoms with Crippen LogP contribution in [0.15, 0.2) is 18.2 Å². The van der Waals surface area contributed by atoms with Gasteiger partial charge in [-0.25, -0.2) is 0 Å². The van der Waals surface area contributed by atoms with Crippen LogP contribution in [0, 0.1) is 0 Å². The number of carbonyl (C=O) groups is 1. The van der Waals surface area contributed by atoms with Crippen LogP contribution in [0.4, 0.5) is 14.5 Å². The van der Waals surface area contributed by atoms with Crippen LogP contribution in [0.1, 0.15) is 0 Å². The van der Waals surface area contributed by atoms with Crippen molar-refractivity contribution in [2.24, 2.45) is 0 Å². The Hall–Kier alpha value is -1.85. The first-order chi connectivity index (χ1) is 7.56. The Morgan fingerprint density at radius 3 is 2.06 bits per heavy atom. The van der Waals surface area contributed by atoms with Crippen molar-refractivity contribution in [3.8, 4) is 11.5 Å². The molecule has 0 aromatic heterocycles. The van der Waals surface area contributed by atoms with E-state index in [0.29, 0.717) is 11.5 Å². The molecule has 0 fully saturated rings. The van der Waals surface area contributed by atoms with Crippen LogP contribution < -0.4 is 14.8 Å². The summed E-state index contributed by atoms with van der Waals surface area (Å²) in [6.07, 6.45) is -3.06. The first-order valence-corrected chi connectivity index (χ1v) is 4.39. The summed E-state index contributed by atoms with van der Waals surface area (Å²) >= 11 is 0. The van der Waals surface area contributed by atoms with Crippen LogP contribution in [0.5, 0.6) is 11.5 Å². The summed E-state index contributed by atoms with van der Waals surface area (Å²) in [6, 6.07) is 4.41. The molecule has 1 aromatic carbocycles. The van der Waals surface area contributed by atoms with E-state index in [1.807, 2.05) is 5.32 Å². The van der Waals surface area contributed by atoms with Crippen molar-refractivity contribution in [2.75, 3.05) is 19.5 Å². The Morgan fingerprint density at radius 1 is 1.19 bits per heavy atom. The summed E-state index contributed by atoms with van der Waals surface area (Å²) in [5.74, 6) is -0.553. The van der Waals surface area contributed by atoms with Crippen LogP contribution in [0.3, 0.4) is 0 Å². The number of benzene rings is 1. The van der Waals surface area contributed by atoms with Gasteiger partial charge in [0.15, 0.2) is 0 Å². The molecule has 1 N–H and O–H groups in total. The number of halogens is 2. The highest BCUT2D eigenvalue weighted by atomic mass is 19.3. The molecule has 0 bridgehead atoms. The number of rotatable bonds is 4. The largest absolute Gasteiger partial charge is 0.497 e. The zero-order valence-electron chi connectivity index (χ0n) is 8.79. The molecule has 0 aliphatic rings. The molecule has 88 valence electrons. The van der Waals surface area contributed by atoms with Crippen LogP contribution >= 0.6 is 0 Å². The number of anilines is 1. The van der Waals surface area contributed by atoms with Gasteiger partial charge in [-0.15, -0.1) is 0 Å². The molecule has 1 amide bonds. The van der Waals surface area contributed by atoms with Gasteiger partial charge in [-0.1, -0.05) is 0 Å². The van der Waals surface area contributed by atoms with Gasteiger partial charge in [0.2, 0.25) is 0 Å². The van der Waals surface area contributed by atoms with E-state index in [1.165, 1.54) is 26.4 Å². The summed E-state index contributed by atoms with van der Waals surface area (Å²) in [4.78, 5) is 10.8. The second-order valence-electron chi connectivity index (χ2n) is 2.89. The van der Waals surface area contributed by atoms with Crippen molar-refractivity contribution in [1.29, 1.82) is 0 Å². The molecule has 0 unspecified atom stereocenters. The number of methoxy groups -OCH3 is 2. The Bertz CT molecular complexity index is 360. The number of hydrogen-bond donors (Lipinski definition) is 1. The van der Waals surface area contributed by atoms with E-state index in [1.54, 1.807) is 6.07 Å². The van der Waals surface area contributed by atoms with Gasteiger partial charge in [-0.2, -0.15) is 8.78 Å². The molecule has 1 aromatic rings. The maximum absolute atomic E-state index is 12.0. The molecule has 0 saturated carbocycles. The SMILES string of the molecule is COc1cc(NC(=O)C(F)F)cc(OC)c1. The fourth-order valence-corrected chi connectivity index (χ4v) is 1.08. The molecular formula is C10H11F2NO3. The van der Waals surface area contributed by atoms with Gasteiger partial charge in [0.25, 0.3) is 5.91 Å². The lowest BCUT2D eigenvalue weighted by Gasteiger charge is -2.09. The topological polar surface area (TPSA) is 47.6 Å². The quantitative estimate of drug-likeness (QED) is 0.861. The van der Waals surface area contributed by atoms with Gasteiger partial charge in [0.05, 0.1) is 14.2 Å². The summed E-state index contributed by atoms with van der Waals surface area (Å²) < 4.78 is 33.8. The predicted molar refractivity (Wildman–Crippen MR) is 54.2 cm³/mol. The molecule has 0 atom stereocenters. The Morgan fingerprint density at radius 2 is 1.69 bits per heavy atom. The van der Waals surface area contributed by atoms with Gasteiger partial charge in [0, 0.05) is 23.9 Å². The van der Waals surface area contributed by atoms with Crippen molar-refractivity contribution in [1.82, 2.24) is 0 Å². The van der Waals surface area contributed by atoms with Crippen LogP contribution in [0.25, 0.3) is 0 Å². The van der Waals surface area contributed by atoms with Gasteiger partial charge in [-0.05, 0) is 0 Å². The minimum atomic E-state index is -3.06. The Kier molecular flexibility index (Phi) is 4.04. The predicted octanol–water partition coefficient (Wildman–Crippen LogP) is 1.91. The second kappa shape index (κ2) is 5.29. The summed E-state index contributed by atoms with van der Waals surface area (Å²) in [5, 5.41) is 2.04. The lowest BCUT2D eigenvalue weighted by molar-refractivity contribution is -0.126. The summed E-state index contributed by atoms with van der Waals surface area (Å²) in [7, 11) is 2.85. The molecule has 0 heterocycles. The third-order valence-electron chi connectivity index (χ3n) is 1.82. The lowest BCUT2D eigenvalue weighted by atomic mass is 10.2. The van der Waals surface area contributed by atoms with Gasteiger partial charge in [0.1, 0.15) is 11.5 Å². The molecule has 0 aliphatic heterocycles. The molecular weight excluding hydrogens is 220 g/mol. The Labute approximate surface area is 91.2 Å². The van der Waals surface area contributed by atoms with Crippen molar-refractivity contribution < 1.29 is 23.0 Å². The normalized spacial score (nSPS) is 10.1. The molecule has 0 radical (unpaired) electrons. The second-order valence-corrected chi connectivity index (χ2v) is 2.89. The summed E-state index contributed by atoms with van der Waals surface area (Å²) in [6.45, 7) is 0. The lowest BCUT2D eigenvalue weighted by Crippen LogP contribution is -2.20. The zero-order valence-corrected chi connectivity index (χ0v) is 8.79. The number of nitrogens with one attached hydrogen (secondary N) is 1. The minimum absolute atomic E-state index is 0.196. The maximum Gasteiger partial charge on any atom is 0.315 e. The number of hydrogen-bond acceptors (Lipinski definition) is 3. The average Bonchev–Trinajstić information content (AvgIpc) is 2.28. The van der Waals surface area contributed by atoms with Crippen molar-refractivity contribution >= 4 is 11.6 Å². The molecule has 6 heteroatoms. The third-order valence-corrected chi connectivity index (χ3v) is 1.82. The maximum atomic E-state index is 12.0. The fourth-order valence-electron chi connectivity index (χ4n) is 1.08. The third kappa shape index (κ3) is 3.08. The Balaban J connectivity index is 2.91. The van der Waals surface area contributed by atoms with E-state index in [2.05, 4.69) is 0 Å². The first-order valence-electron chi connectivity index (χ1n) is 4.39. The highest BCUT2D eigenvalue weighted by Crippen LogP contribution is 2.25. The minimum Gasteiger partial charge on any atom is -0.497 e. The molecule has 0 saturated heterocycles. The zero-order chi connectivity index (χ0) is 12.1. The van der Waals surface area contributed by atoms with Gasteiger partial charge >= 0.3 is 6.43 Å². The monoisotopic (exact) mass is 231 g/mol. The fraction of sp³-hybridized carbons (Fsp3) is 0.300. The number of alkyl halides is 2.